The lowest BCUT2D eigenvalue weighted by atomic mass is 10.1. The van der Waals surface area contributed by atoms with E-state index in [0.717, 1.165) is 5.01 Å². The molecule has 1 amide bonds. The summed E-state index contributed by atoms with van der Waals surface area (Å²) in [6.07, 6.45) is -3.62. The number of alkyl halides is 3. The van der Waals surface area contributed by atoms with Crippen LogP contribution in [0.25, 0.3) is 11.8 Å². The van der Waals surface area contributed by atoms with Crippen LogP contribution in [0.3, 0.4) is 0 Å². The Morgan fingerprint density at radius 2 is 1.64 bits per heavy atom. The molecule has 9 heteroatoms. The summed E-state index contributed by atoms with van der Waals surface area (Å²) in [6, 6.07) is 15.7. The number of carbonyl (C=O) groups excluding carboxylic acids is 1. The van der Waals surface area contributed by atoms with Crippen molar-refractivity contribution in [1.29, 1.82) is 0 Å². The molecule has 0 atom stereocenters. The van der Waals surface area contributed by atoms with Gasteiger partial charge in [0.2, 0.25) is 0 Å². The lowest BCUT2D eigenvalue weighted by Crippen LogP contribution is -2.25. The molecule has 1 aliphatic rings. The molecule has 6 nitrogen and oxygen atoms in total. The van der Waals surface area contributed by atoms with Gasteiger partial charge >= 0.3 is 12.1 Å². The average molecular weight is 453 g/mol. The molecule has 33 heavy (non-hydrogen) atoms. The van der Waals surface area contributed by atoms with Crippen LogP contribution in [0.15, 0.2) is 71.3 Å². The van der Waals surface area contributed by atoms with E-state index in [2.05, 4.69) is 5.10 Å². The summed E-state index contributed by atoms with van der Waals surface area (Å²) in [6.45, 7) is 3.48. The zero-order valence-electron chi connectivity index (χ0n) is 17.6. The Kier molecular flexibility index (Phi) is 5.41. The summed E-state index contributed by atoms with van der Waals surface area (Å²) in [5.41, 5.74) is 0.912. The van der Waals surface area contributed by atoms with E-state index in [4.69, 9.17) is 5.11 Å². The van der Waals surface area contributed by atoms with Gasteiger partial charge in [0.15, 0.2) is 5.71 Å². The zero-order valence-corrected chi connectivity index (χ0v) is 17.6. The highest BCUT2D eigenvalue weighted by Crippen LogP contribution is 2.33. The summed E-state index contributed by atoms with van der Waals surface area (Å²) >= 11 is 0. The van der Waals surface area contributed by atoms with Crippen LogP contribution in [0, 0.1) is 13.8 Å². The summed E-state index contributed by atoms with van der Waals surface area (Å²) < 4.78 is 43.0. The molecule has 0 radical (unpaired) electrons. The standard InChI is InChI=1S/C24H18F3N3O3/c1-14-12-17(15(2)29(14)18-10-8-16(9-11-18)23(32)33)13-20-21(24(25,26)27)28-30(22(20)31)19-6-4-3-5-7-19/h3-13H,1-2H3,(H,32,33)/b20-13-. The number of hydrogen-bond acceptors (Lipinski definition) is 3. The minimum Gasteiger partial charge on any atom is -0.478 e. The van der Waals surface area contributed by atoms with Crippen LogP contribution in [-0.2, 0) is 4.79 Å². The van der Waals surface area contributed by atoms with E-state index in [9.17, 15) is 22.8 Å². The number of aromatic nitrogens is 1. The van der Waals surface area contributed by atoms with Crippen molar-refractivity contribution in [2.45, 2.75) is 20.0 Å². The van der Waals surface area contributed by atoms with E-state index in [1.54, 1.807) is 54.8 Å². The van der Waals surface area contributed by atoms with Gasteiger partial charge in [-0.25, -0.2) is 4.79 Å². The number of aromatic carboxylic acids is 1. The summed E-state index contributed by atoms with van der Waals surface area (Å²) in [7, 11) is 0. The number of benzene rings is 2. The maximum atomic E-state index is 13.7. The van der Waals surface area contributed by atoms with Gasteiger partial charge in [-0.2, -0.15) is 23.3 Å². The van der Waals surface area contributed by atoms with Crippen molar-refractivity contribution < 1.29 is 27.9 Å². The van der Waals surface area contributed by atoms with Crippen LogP contribution in [0.1, 0.15) is 27.3 Å². The second-order valence-corrected chi connectivity index (χ2v) is 7.47. The quantitative estimate of drug-likeness (QED) is 0.556. The number of carbonyl (C=O) groups is 2. The highest BCUT2D eigenvalue weighted by Gasteiger charge is 2.46. The van der Waals surface area contributed by atoms with E-state index in [1.807, 2.05) is 0 Å². The van der Waals surface area contributed by atoms with Crippen molar-refractivity contribution in [3.05, 3.63) is 88.8 Å². The molecule has 168 valence electrons. The van der Waals surface area contributed by atoms with Gasteiger partial charge in [0, 0.05) is 17.1 Å². The number of aryl methyl sites for hydroxylation is 1. The molecule has 2 aromatic carbocycles. The van der Waals surface area contributed by atoms with Gasteiger partial charge in [-0.05, 0) is 68.0 Å². The molecule has 0 aliphatic carbocycles. The van der Waals surface area contributed by atoms with Crippen molar-refractivity contribution in [2.75, 3.05) is 5.01 Å². The molecule has 0 saturated carbocycles. The second kappa shape index (κ2) is 8.09. The van der Waals surface area contributed by atoms with E-state index < -0.39 is 29.3 Å². The Bertz CT molecular complexity index is 1300. The maximum Gasteiger partial charge on any atom is 0.435 e. The lowest BCUT2D eigenvalue weighted by molar-refractivity contribution is -0.114. The first kappa shape index (κ1) is 22.1. The van der Waals surface area contributed by atoms with Gasteiger partial charge < -0.3 is 9.67 Å². The van der Waals surface area contributed by atoms with Gasteiger partial charge in [0.1, 0.15) is 0 Å². The van der Waals surface area contributed by atoms with Crippen molar-refractivity contribution in [3.63, 3.8) is 0 Å². The average Bonchev–Trinajstić information content (AvgIpc) is 3.25. The van der Waals surface area contributed by atoms with Crippen molar-refractivity contribution >= 4 is 29.4 Å². The summed E-state index contributed by atoms with van der Waals surface area (Å²) in [4.78, 5) is 24.0. The largest absolute Gasteiger partial charge is 0.478 e. The molecule has 0 spiro atoms. The molecule has 2 heterocycles. The third kappa shape index (κ3) is 4.05. The minimum atomic E-state index is -4.82. The Morgan fingerprint density at radius 1 is 1.00 bits per heavy atom. The Morgan fingerprint density at radius 3 is 2.21 bits per heavy atom. The number of hydrogen-bond donors (Lipinski definition) is 1. The predicted octanol–water partition coefficient (Wildman–Crippen LogP) is 5.14. The third-order valence-corrected chi connectivity index (χ3v) is 5.29. The fraction of sp³-hybridized carbons (Fsp3) is 0.125. The number of carboxylic acid groups (broad SMARTS) is 1. The smallest absolute Gasteiger partial charge is 0.435 e. The van der Waals surface area contributed by atoms with Crippen molar-refractivity contribution in [1.82, 2.24) is 4.57 Å². The number of anilines is 1. The molecular formula is C24H18F3N3O3. The lowest BCUT2D eigenvalue weighted by Gasteiger charge is -2.11. The van der Waals surface area contributed by atoms with E-state index in [1.165, 1.54) is 30.3 Å². The van der Waals surface area contributed by atoms with Crippen LogP contribution >= 0.6 is 0 Å². The normalized spacial score (nSPS) is 15.3. The first-order valence-corrected chi connectivity index (χ1v) is 9.88. The van der Waals surface area contributed by atoms with E-state index in [-0.39, 0.29) is 11.3 Å². The molecule has 1 aromatic heterocycles. The van der Waals surface area contributed by atoms with Gasteiger partial charge in [-0.1, -0.05) is 18.2 Å². The minimum absolute atomic E-state index is 0.118. The molecule has 3 aromatic rings. The van der Waals surface area contributed by atoms with Crippen LogP contribution in [-0.4, -0.2) is 33.4 Å². The highest BCUT2D eigenvalue weighted by atomic mass is 19.4. The molecule has 1 N–H and O–H groups in total. The third-order valence-electron chi connectivity index (χ3n) is 5.29. The predicted molar refractivity (Wildman–Crippen MR) is 118 cm³/mol. The number of amides is 1. The fourth-order valence-corrected chi connectivity index (χ4v) is 3.74. The topological polar surface area (TPSA) is 74.9 Å². The van der Waals surface area contributed by atoms with E-state index >= 15 is 0 Å². The van der Waals surface area contributed by atoms with Crippen molar-refractivity contribution in [3.8, 4) is 5.69 Å². The number of hydrazone groups is 1. The maximum absolute atomic E-state index is 13.7. The number of para-hydroxylation sites is 1. The van der Waals surface area contributed by atoms with Crippen LogP contribution in [0.5, 0.6) is 0 Å². The fourth-order valence-electron chi connectivity index (χ4n) is 3.74. The van der Waals surface area contributed by atoms with Crippen molar-refractivity contribution in [2.24, 2.45) is 5.10 Å². The number of rotatable bonds is 4. The monoisotopic (exact) mass is 453 g/mol. The van der Waals surface area contributed by atoms with E-state index in [0.29, 0.717) is 22.6 Å². The Hall–Kier alpha value is -4.14. The Labute approximate surface area is 186 Å². The SMILES string of the molecule is Cc1cc(/C=C2\C(=O)N(c3ccccc3)N=C2C(F)(F)F)c(C)n1-c1ccc(C(=O)O)cc1. The molecule has 0 unspecified atom stereocenters. The van der Waals surface area contributed by atoms with Gasteiger partial charge in [-0.15, -0.1) is 0 Å². The highest BCUT2D eigenvalue weighted by molar-refractivity contribution is 6.34. The van der Waals surface area contributed by atoms with Crippen LogP contribution in [0.4, 0.5) is 18.9 Å². The van der Waals surface area contributed by atoms with Gasteiger partial charge in [0.05, 0.1) is 16.8 Å². The number of nitrogens with zero attached hydrogens (tertiary/aromatic N) is 3. The second-order valence-electron chi connectivity index (χ2n) is 7.47. The molecule has 0 saturated heterocycles. The first-order chi connectivity index (χ1) is 15.6. The summed E-state index contributed by atoms with van der Waals surface area (Å²) in [5, 5.41) is 13.4. The Balaban J connectivity index is 1.78. The molecule has 0 bridgehead atoms. The van der Waals surface area contributed by atoms with Gasteiger partial charge in [-0.3, -0.25) is 4.79 Å². The molecule has 1 aliphatic heterocycles. The summed E-state index contributed by atoms with van der Waals surface area (Å²) in [5.74, 6) is -1.93. The number of halogens is 3. The molecule has 0 fully saturated rings. The number of carboxylic acids is 1. The first-order valence-electron chi connectivity index (χ1n) is 9.88. The van der Waals surface area contributed by atoms with Crippen LogP contribution in [0.2, 0.25) is 0 Å². The molecule has 4 rings (SSSR count). The molecular weight excluding hydrogens is 435 g/mol. The van der Waals surface area contributed by atoms with Crippen LogP contribution < -0.4 is 5.01 Å². The zero-order chi connectivity index (χ0) is 23.9. The van der Waals surface area contributed by atoms with Gasteiger partial charge in [0.25, 0.3) is 5.91 Å².